The Bertz CT molecular complexity index is 312. The highest BCUT2D eigenvalue weighted by atomic mass is 16.6. The standard InChI is InChI=1S/C7H7BO5/c9-7(10)5-2-1-3-6(4-5)13-8(11)12/h1-4,11-12H,(H,9,10). The summed E-state index contributed by atoms with van der Waals surface area (Å²) >= 11 is 0. The molecule has 6 heteroatoms. The maximum Gasteiger partial charge on any atom is 0.707 e. The third kappa shape index (κ3) is 2.77. The Morgan fingerprint density at radius 2 is 2.08 bits per heavy atom. The summed E-state index contributed by atoms with van der Waals surface area (Å²) < 4.78 is 4.45. The van der Waals surface area contributed by atoms with Crippen molar-refractivity contribution in [1.29, 1.82) is 0 Å². The van der Waals surface area contributed by atoms with Crippen LogP contribution in [-0.4, -0.2) is 28.4 Å². The lowest BCUT2D eigenvalue weighted by Gasteiger charge is -2.04. The van der Waals surface area contributed by atoms with E-state index in [1.165, 1.54) is 24.3 Å². The third-order valence-electron chi connectivity index (χ3n) is 1.32. The van der Waals surface area contributed by atoms with Gasteiger partial charge in [-0.3, -0.25) is 0 Å². The van der Waals surface area contributed by atoms with Crippen molar-refractivity contribution in [1.82, 2.24) is 0 Å². The molecule has 0 aliphatic carbocycles. The van der Waals surface area contributed by atoms with Gasteiger partial charge in [0, 0.05) is 0 Å². The molecular weight excluding hydrogens is 175 g/mol. The fourth-order valence-corrected chi connectivity index (χ4v) is 0.824. The van der Waals surface area contributed by atoms with Gasteiger partial charge in [0.25, 0.3) is 0 Å². The van der Waals surface area contributed by atoms with E-state index in [1.54, 1.807) is 0 Å². The number of carboxylic acids is 1. The highest BCUT2D eigenvalue weighted by molar-refractivity contribution is 6.33. The molecule has 0 saturated heterocycles. The zero-order valence-electron chi connectivity index (χ0n) is 6.54. The van der Waals surface area contributed by atoms with Crippen LogP contribution in [0, 0.1) is 0 Å². The second-order valence-corrected chi connectivity index (χ2v) is 2.28. The Morgan fingerprint density at radius 3 is 2.62 bits per heavy atom. The predicted molar refractivity (Wildman–Crippen MR) is 44.2 cm³/mol. The van der Waals surface area contributed by atoms with E-state index in [1.807, 2.05) is 0 Å². The molecule has 0 fully saturated rings. The van der Waals surface area contributed by atoms with Crippen LogP contribution in [0.4, 0.5) is 0 Å². The molecule has 0 radical (unpaired) electrons. The number of rotatable bonds is 3. The topological polar surface area (TPSA) is 87.0 Å². The van der Waals surface area contributed by atoms with E-state index in [0.29, 0.717) is 0 Å². The minimum absolute atomic E-state index is 0.0261. The van der Waals surface area contributed by atoms with Crippen molar-refractivity contribution in [2.75, 3.05) is 0 Å². The van der Waals surface area contributed by atoms with Gasteiger partial charge in [0.05, 0.1) is 5.56 Å². The van der Waals surface area contributed by atoms with E-state index < -0.39 is 13.3 Å². The number of hydrogen-bond donors (Lipinski definition) is 3. The molecule has 1 rings (SSSR count). The fourth-order valence-electron chi connectivity index (χ4n) is 0.824. The summed E-state index contributed by atoms with van der Waals surface area (Å²) in [5.74, 6) is -1.01. The van der Waals surface area contributed by atoms with Crippen molar-refractivity contribution in [2.24, 2.45) is 0 Å². The quantitative estimate of drug-likeness (QED) is 0.560. The summed E-state index contributed by atoms with van der Waals surface area (Å²) in [5.41, 5.74) is 0.0261. The molecule has 1 aromatic rings. The van der Waals surface area contributed by atoms with Crippen molar-refractivity contribution >= 4 is 13.3 Å². The zero-order chi connectivity index (χ0) is 9.84. The second kappa shape index (κ2) is 3.93. The van der Waals surface area contributed by atoms with Crippen molar-refractivity contribution in [3.63, 3.8) is 0 Å². The number of aromatic carboxylic acids is 1. The van der Waals surface area contributed by atoms with Gasteiger partial charge in [-0.2, -0.15) is 0 Å². The van der Waals surface area contributed by atoms with E-state index in [0.717, 1.165) is 0 Å². The molecule has 3 N–H and O–H groups in total. The van der Waals surface area contributed by atoms with E-state index in [2.05, 4.69) is 4.65 Å². The molecule has 0 atom stereocenters. The molecule has 0 aliphatic heterocycles. The van der Waals surface area contributed by atoms with Crippen LogP contribution in [0.15, 0.2) is 24.3 Å². The molecule has 0 aliphatic rings. The summed E-state index contributed by atoms with van der Waals surface area (Å²) in [7, 11) is -1.94. The minimum atomic E-state index is -1.94. The van der Waals surface area contributed by atoms with E-state index >= 15 is 0 Å². The van der Waals surface area contributed by atoms with Crippen molar-refractivity contribution < 1.29 is 24.6 Å². The van der Waals surface area contributed by atoms with Crippen LogP contribution in [0.25, 0.3) is 0 Å². The number of carboxylic acid groups (broad SMARTS) is 1. The van der Waals surface area contributed by atoms with Crippen molar-refractivity contribution in [3.05, 3.63) is 29.8 Å². The van der Waals surface area contributed by atoms with Gasteiger partial charge in [-0.15, -0.1) is 0 Å². The van der Waals surface area contributed by atoms with Gasteiger partial charge in [0.2, 0.25) is 0 Å². The molecule has 68 valence electrons. The molecule has 1 aromatic carbocycles. The number of benzene rings is 1. The Labute approximate surface area is 74.4 Å². The first-order chi connectivity index (χ1) is 6.09. The first-order valence-corrected chi connectivity index (χ1v) is 3.46. The lowest BCUT2D eigenvalue weighted by molar-refractivity contribution is 0.0696. The molecule has 0 heterocycles. The molecule has 0 bridgehead atoms. The molecule has 0 spiro atoms. The highest BCUT2D eigenvalue weighted by Crippen LogP contribution is 2.13. The monoisotopic (exact) mass is 182 g/mol. The third-order valence-corrected chi connectivity index (χ3v) is 1.32. The van der Waals surface area contributed by atoms with Crippen LogP contribution in [0.1, 0.15) is 10.4 Å². The molecule has 0 unspecified atom stereocenters. The zero-order valence-corrected chi connectivity index (χ0v) is 6.54. The van der Waals surface area contributed by atoms with Gasteiger partial charge >= 0.3 is 13.3 Å². The van der Waals surface area contributed by atoms with Gasteiger partial charge < -0.3 is 19.8 Å². The maximum atomic E-state index is 10.5. The predicted octanol–water partition coefficient (Wildman–Crippen LogP) is -0.267. The fraction of sp³-hybridized carbons (Fsp3) is 0. The van der Waals surface area contributed by atoms with Crippen LogP contribution < -0.4 is 4.65 Å². The van der Waals surface area contributed by atoms with Crippen LogP contribution in [0.5, 0.6) is 5.75 Å². The average Bonchev–Trinajstić information content (AvgIpc) is 2.03. The second-order valence-electron chi connectivity index (χ2n) is 2.28. The van der Waals surface area contributed by atoms with E-state index in [4.69, 9.17) is 15.2 Å². The highest BCUT2D eigenvalue weighted by Gasteiger charge is 2.12. The number of carbonyl (C=O) groups is 1. The summed E-state index contributed by atoms with van der Waals surface area (Å²) in [6.07, 6.45) is 0. The van der Waals surface area contributed by atoms with Crippen LogP contribution >= 0.6 is 0 Å². The van der Waals surface area contributed by atoms with Gasteiger partial charge in [-0.05, 0) is 18.2 Å². The number of hydrogen-bond acceptors (Lipinski definition) is 4. The normalized spacial score (nSPS) is 9.38. The Hall–Kier alpha value is -1.53. The van der Waals surface area contributed by atoms with E-state index in [-0.39, 0.29) is 11.3 Å². The van der Waals surface area contributed by atoms with Gasteiger partial charge in [0.15, 0.2) is 0 Å². The molecule has 0 saturated carbocycles. The van der Waals surface area contributed by atoms with E-state index in [9.17, 15) is 4.79 Å². The average molecular weight is 182 g/mol. The molecule has 0 aromatic heterocycles. The lowest BCUT2D eigenvalue weighted by Crippen LogP contribution is -2.20. The smallest absolute Gasteiger partial charge is 0.512 e. The maximum absolute atomic E-state index is 10.5. The van der Waals surface area contributed by atoms with Crippen molar-refractivity contribution in [3.8, 4) is 5.75 Å². The van der Waals surface area contributed by atoms with Gasteiger partial charge in [0.1, 0.15) is 5.75 Å². The molecule has 5 nitrogen and oxygen atoms in total. The van der Waals surface area contributed by atoms with Gasteiger partial charge in [-0.25, -0.2) is 4.79 Å². The Balaban J connectivity index is 2.85. The van der Waals surface area contributed by atoms with Crippen LogP contribution in [-0.2, 0) is 0 Å². The summed E-state index contributed by atoms with van der Waals surface area (Å²) in [4.78, 5) is 10.5. The Morgan fingerprint density at radius 1 is 1.38 bits per heavy atom. The summed E-state index contributed by atoms with van der Waals surface area (Å²) in [6, 6.07) is 5.44. The largest absolute Gasteiger partial charge is 0.707 e. The summed E-state index contributed by atoms with van der Waals surface area (Å²) in [6.45, 7) is 0. The molecule has 0 amide bonds. The summed E-state index contributed by atoms with van der Waals surface area (Å²) in [5, 5.41) is 25.4. The Kier molecular flexibility index (Phi) is 2.89. The van der Waals surface area contributed by atoms with Crippen LogP contribution in [0.3, 0.4) is 0 Å². The van der Waals surface area contributed by atoms with Gasteiger partial charge in [-0.1, -0.05) is 6.07 Å². The first-order valence-electron chi connectivity index (χ1n) is 3.46. The minimum Gasteiger partial charge on any atom is -0.512 e. The SMILES string of the molecule is O=C(O)c1cccc(OB(O)O)c1. The van der Waals surface area contributed by atoms with Crippen LogP contribution in [0.2, 0.25) is 0 Å². The lowest BCUT2D eigenvalue weighted by atomic mass is 10.2. The molecular formula is C7H7BO5. The molecule has 13 heavy (non-hydrogen) atoms. The first kappa shape index (κ1) is 9.56. The van der Waals surface area contributed by atoms with Crippen molar-refractivity contribution in [2.45, 2.75) is 0 Å².